The van der Waals surface area contributed by atoms with Crippen molar-refractivity contribution in [2.24, 2.45) is 0 Å². The molecule has 0 aliphatic carbocycles. The Morgan fingerprint density at radius 2 is 0.507 bits per heavy atom. The molecule has 0 aliphatic heterocycles. The number of unbranched alkanes of at least 4 members (excludes halogenated alkanes) is 41. The van der Waals surface area contributed by atoms with Gasteiger partial charge in [0.2, 0.25) is 0 Å². The van der Waals surface area contributed by atoms with Crippen molar-refractivity contribution in [1.82, 2.24) is 0 Å². The summed E-state index contributed by atoms with van der Waals surface area (Å²) in [6.45, 7) is 6.66. The third-order valence-corrected chi connectivity index (χ3v) is 14.1. The second-order valence-electron chi connectivity index (χ2n) is 21.3. The van der Waals surface area contributed by atoms with Crippen LogP contribution in [0.5, 0.6) is 0 Å². The lowest BCUT2D eigenvalue weighted by Gasteiger charge is -2.18. The summed E-state index contributed by atoms with van der Waals surface area (Å²) in [6, 6.07) is 0. The minimum atomic E-state index is -0.773. The van der Waals surface area contributed by atoms with Crippen LogP contribution in [0.25, 0.3) is 0 Å². The number of carbonyl (C=O) groups is 3. The molecule has 71 heavy (non-hydrogen) atoms. The van der Waals surface area contributed by atoms with E-state index in [2.05, 4.69) is 57.2 Å². The predicted molar refractivity (Wildman–Crippen MR) is 307 cm³/mol. The zero-order chi connectivity index (χ0) is 51.4. The lowest BCUT2D eigenvalue weighted by molar-refractivity contribution is -0.167. The Bertz CT molecular complexity index is 1190. The van der Waals surface area contributed by atoms with Gasteiger partial charge in [-0.2, -0.15) is 0 Å². The minimum absolute atomic E-state index is 0.0703. The highest BCUT2D eigenvalue weighted by atomic mass is 16.6. The van der Waals surface area contributed by atoms with Crippen LogP contribution in [0.1, 0.15) is 342 Å². The second kappa shape index (κ2) is 60.2. The Balaban J connectivity index is 4.30. The van der Waals surface area contributed by atoms with E-state index in [4.69, 9.17) is 14.2 Å². The molecule has 1 unspecified atom stereocenters. The molecule has 0 saturated heterocycles. The normalized spacial score (nSPS) is 12.2. The molecular formula is C65H120O6. The fraction of sp³-hybridized carbons (Fsp3) is 0.862. The fourth-order valence-electron chi connectivity index (χ4n) is 9.35. The highest BCUT2D eigenvalue weighted by Gasteiger charge is 2.19. The summed E-state index contributed by atoms with van der Waals surface area (Å²) in [5.74, 6) is -0.855. The molecule has 6 nitrogen and oxygen atoms in total. The van der Waals surface area contributed by atoms with Gasteiger partial charge in [0.15, 0.2) is 6.10 Å². The van der Waals surface area contributed by atoms with Crippen molar-refractivity contribution in [3.05, 3.63) is 36.5 Å². The standard InChI is InChI=1S/C65H120O6/c1-4-7-10-13-16-19-22-25-27-29-31-32-34-35-37-40-43-46-49-52-55-58-64(67)70-61-62(60-69-63(66)57-54-51-48-45-42-39-24-21-18-15-12-9-6-3)71-65(68)59-56-53-50-47-44-41-38-36-33-30-28-26-23-20-17-14-11-8-5-2/h17,20,26,28-29,31,62H,4-16,18-19,21-25,27,30,32-61H2,1-3H3/b20-17-,28-26-,31-29-. The van der Waals surface area contributed by atoms with E-state index >= 15 is 0 Å². The summed E-state index contributed by atoms with van der Waals surface area (Å²) in [4.78, 5) is 38.3. The Morgan fingerprint density at radius 1 is 0.282 bits per heavy atom. The van der Waals surface area contributed by atoms with Crippen molar-refractivity contribution < 1.29 is 28.6 Å². The third kappa shape index (κ3) is 58.4. The van der Waals surface area contributed by atoms with Gasteiger partial charge in [-0.3, -0.25) is 14.4 Å². The number of hydrogen-bond acceptors (Lipinski definition) is 6. The predicted octanol–water partition coefficient (Wildman–Crippen LogP) is 21.2. The van der Waals surface area contributed by atoms with Crippen LogP contribution in [0, 0.1) is 0 Å². The average Bonchev–Trinajstić information content (AvgIpc) is 3.37. The van der Waals surface area contributed by atoms with Gasteiger partial charge >= 0.3 is 17.9 Å². The average molecular weight is 998 g/mol. The van der Waals surface area contributed by atoms with Crippen LogP contribution in [0.15, 0.2) is 36.5 Å². The van der Waals surface area contributed by atoms with Gasteiger partial charge in [0.25, 0.3) is 0 Å². The Labute approximate surface area is 442 Å². The summed E-state index contributed by atoms with van der Waals surface area (Å²) in [5, 5.41) is 0. The monoisotopic (exact) mass is 997 g/mol. The molecule has 0 rings (SSSR count). The topological polar surface area (TPSA) is 78.9 Å². The van der Waals surface area contributed by atoms with Crippen molar-refractivity contribution in [1.29, 1.82) is 0 Å². The Hall–Kier alpha value is -2.37. The molecule has 0 aromatic carbocycles. The van der Waals surface area contributed by atoms with E-state index in [1.54, 1.807) is 0 Å². The Kier molecular flexibility index (Phi) is 58.2. The molecule has 0 amide bonds. The molecule has 0 heterocycles. The maximum Gasteiger partial charge on any atom is 0.306 e. The van der Waals surface area contributed by atoms with Crippen molar-refractivity contribution in [3.63, 3.8) is 0 Å². The molecule has 416 valence electrons. The minimum Gasteiger partial charge on any atom is -0.462 e. The Morgan fingerprint density at radius 3 is 0.817 bits per heavy atom. The molecule has 0 bridgehead atoms. The summed E-state index contributed by atoms with van der Waals surface area (Å²) < 4.78 is 16.9. The van der Waals surface area contributed by atoms with Gasteiger partial charge in [-0.15, -0.1) is 0 Å². The van der Waals surface area contributed by atoms with E-state index in [-0.39, 0.29) is 31.1 Å². The zero-order valence-electron chi connectivity index (χ0n) is 47.8. The molecule has 0 N–H and O–H groups in total. The molecule has 0 radical (unpaired) electrons. The van der Waals surface area contributed by atoms with E-state index < -0.39 is 6.10 Å². The van der Waals surface area contributed by atoms with Gasteiger partial charge in [-0.1, -0.05) is 282 Å². The number of allylic oxidation sites excluding steroid dienone is 6. The van der Waals surface area contributed by atoms with Crippen LogP contribution >= 0.6 is 0 Å². The fourth-order valence-corrected chi connectivity index (χ4v) is 9.35. The molecule has 0 aromatic heterocycles. The molecule has 0 aliphatic rings. The van der Waals surface area contributed by atoms with Gasteiger partial charge in [-0.05, 0) is 77.0 Å². The molecule has 0 spiro atoms. The third-order valence-electron chi connectivity index (χ3n) is 14.1. The molecule has 0 aromatic rings. The van der Waals surface area contributed by atoms with Crippen LogP contribution in [0.3, 0.4) is 0 Å². The molecule has 1 atom stereocenters. The van der Waals surface area contributed by atoms with E-state index in [1.807, 2.05) is 0 Å². The lowest BCUT2D eigenvalue weighted by atomic mass is 10.0. The van der Waals surface area contributed by atoms with E-state index in [0.29, 0.717) is 19.3 Å². The van der Waals surface area contributed by atoms with Crippen molar-refractivity contribution in [2.45, 2.75) is 348 Å². The highest BCUT2D eigenvalue weighted by molar-refractivity contribution is 5.71. The highest BCUT2D eigenvalue weighted by Crippen LogP contribution is 2.17. The molecule has 0 saturated carbocycles. The number of carbonyl (C=O) groups excluding carboxylic acids is 3. The van der Waals surface area contributed by atoms with E-state index in [9.17, 15) is 14.4 Å². The van der Waals surface area contributed by atoms with Crippen LogP contribution in [-0.2, 0) is 28.6 Å². The second-order valence-corrected chi connectivity index (χ2v) is 21.3. The first-order valence-electron chi connectivity index (χ1n) is 31.5. The number of esters is 3. The SMILES string of the molecule is CCCCC/C=C\C/C=C\CCCCCCCCCCCC(=O)OC(COC(=O)CCCCCCCCCCC/C=C\CCCCCCCCCC)COC(=O)CCCCCCCCCCCCCCC. The van der Waals surface area contributed by atoms with Crippen LogP contribution in [0.2, 0.25) is 0 Å². The van der Waals surface area contributed by atoms with Gasteiger partial charge in [0, 0.05) is 19.3 Å². The maximum absolute atomic E-state index is 12.9. The molecule has 6 heteroatoms. The van der Waals surface area contributed by atoms with Crippen LogP contribution < -0.4 is 0 Å². The van der Waals surface area contributed by atoms with E-state index in [0.717, 1.165) is 64.2 Å². The first-order chi connectivity index (χ1) is 35.0. The van der Waals surface area contributed by atoms with Gasteiger partial charge in [-0.25, -0.2) is 0 Å². The van der Waals surface area contributed by atoms with Gasteiger partial charge < -0.3 is 14.2 Å². The quantitative estimate of drug-likeness (QED) is 0.0261. The molecular weight excluding hydrogens is 877 g/mol. The van der Waals surface area contributed by atoms with Crippen molar-refractivity contribution in [3.8, 4) is 0 Å². The largest absolute Gasteiger partial charge is 0.462 e. The lowest BCUT2D eigenvalue weighted by Crippen LogP contribution is -2.30. The van der Waals surface area contributed by atoms with Crippen LogP contribution in [-0.4, -0.2) is 37.2 Å². The summed E-state index contributed by atoms with van der Waals surface area (Å²) in [5.41, 5.74) is 0. The van der Waals surface area contributed by atoms with E-state index in [1.165, 1.54) is 238 Å². The zero-order valence-corrected chi connectivity index (χ0v) is 47.8. The number of ether oxygens (including phenoxy) is 3. The first-order valence-corrected chi connectivity index (χ1v) is 31.5. The smallest absolute Gasteiger partial charge is 0.306 e. The van der Waals surface area contributed by atoms with Gasteiger partial charge in [0.1, 0.15) is 13.2 Å². The maximum atomic E-state index is 12.9. The van der Waals surface area contributed by atoms with Gasteiger partial charge in [0.05, 0.1) is 0 Å². The molecule has 0 fully saturated rings. The summed E-state index contributed by atoms with van der Waals surface area (Å²) in [7, 11) is 0. The summed E-state index contributed by atoms with van der Waals surface area (Å²) >= 11 is 0. The first kappa shape index (κ1) is 68.6. The van der Waals surface area contributed by atoms with Crippen LogP contribution in [0.4, 0.5) is 0 Å². The number of hydrogen-bond donors (Lipinski definition) is 0. The number of rotatable bonds is 58. The van der Waals surface area contributed by atoms with Crippen molar-refractivity contribution in [2.75, 3.05) is 13.2 Å². The summed E-state index contributed by atoms with van der Waals surface area (Å²) in [6.07, 6.45) is 72.8. The van der Waals surface area contributed by atoms with Crippen molar-refractivity contribution >= 4 is 17.9 Å².